The molecule has 0 aliphatic carbocycles. The minimum absolute atomic E-state index is 0.237. The van der Waals surface area contributed by atoms with Crippen molar-refractivity contribution in [3.05, 3.63) is 65.2 Å². The van der Waals surface area contributed by atoms with E-state index < -0.39 is 23.8 Å². The first-order chi connectivity index (χ1) is 10.6. The fraction of sp³-hybridized carbons (Fsp3) is 0.235. The van der Waals surface area contributed by atoms with Crippen LogP contribution in [-0.4, -0.2) is 17.8 Å². The lowest BCUT2D eigenvalue weighted by Gasteiger charge is -2.27. The summed E-state index contributed by atoms with van der Waals surface area (Å²) in [4.78, 5) is 1.84. The molecule has 0 aromatic heterocycles. The van der Waals surface area contributed by atoms with Gasteiger partial charge in [-0.2, -0.15) is 5.26 Å². The third kappa shape index (κ3) is 2.66. The highest BCUT2D eigenvalue weighted by Crippen LogP contribution is 2.37. The van der Waals surface area contributed by atoms with Crippen LogP contribution < -0.4 is 4.90 Å². The largest absolute Gasteiger partial charge is 0.391 e. The summed E-state index contributed by atoms with van der Waals surface area (Å²) in [5.41, 5.74) is 1.53. The van der Waals surface area contributed by atoms with Gasteiger partial charge in [-0.25, -0.2) is 8.78 Å². The highest BCUT2D eigenvalue weighted by atomic mass is 19.1. The van der Waals surface area contributed by atoms with Gasteiger partial charge in [0.25, 0.3) is 0 Å². The number of aliphatic hydroxyl groups excluding tert-OH is 1. The van der Waals surface area contributed by atoms with Crippen LogP contribution in [0.4, 0.5) is 14.5 Å². The van der Waals surface area contributed by atoms with Gasteiger partial charge in [-0.3, -0.25) is 0 Å². The van der Waals surface area contributed by atoms with Gasteiger partial charge < -0.3 is 10.0 Å². The Morgan fingerprint density at radius 2 is 1.86 bits per heavy atom. The van der Waals surface area contributed by atoms with Gasteiger partial charge in [-0.05, 0) is 48.9 Å². The maximum atomic E-state index is 14.0. The van der Waals surface area contributed by atoms with Crippen LogP contribution in [-0.2, 0) is 0 Å². The second kappa shape index (κ2) is 5.74. The first-order valence-electron chi connectivity index (χ1n) is 6.98. The first-order valence-corrected chi connectivity index (χ1v) is 6.98. The van der Waals surface area contributed by atoms with Gasteiger partial charge in [0.2, 0.25) is 0 Å². The van der Waals surface area contributed by atoms with Crippen LogP contribution in [0.25, 0.3) is 0 Å². The molecule has 5 heteroatoms. The highest BCUT2D eigenvalue weighted by Gasteiger charge is 2.34. The van der Waals surface area contributed by atoms with Crippen molar-refractivity contribution in [2.75, 3.05) is 11.4 Å². The summed E-state index contributed by atoms with van der Waals surface area (Å²) in [6, 6.07) is 11.8. The van der Waals surface area contributed by atoms with E-state index in [9.17, 15) is 13.9 Å². The lowest BCUT2D eigenvalue weighted by molar-refractivity contribution is 0.194. The Hall–Kier alpha value is -2.45. The summed E-state index contributed by atoms with van der Waals surface area (Å²) in [5.74, 6) is -0.989. The zero-order valence-electron chi connectivity index (χ0n) is 11.7. The van der Waals surface area contributed by atoms with Crippen molar-refractivity contribution < 1.29 is 13.9 Å². The molecule has 0 unspecified atom stereocenters. The van der Waals surface area contributed by atoms with Crippen molar-refractivity contribution >= 4 is 5.69 Å². The molecule has 0 spiro atoms. The molecular formula is C17H14F2N2O. The molecule has 0 radical (unpaired) electrons. The summed E-state index contributed by atoms with van der Waals surface area (Å²) >= 11 is 0. The summed E-state index contributed by atoms with van der Waals surface area (Å²) in [6.45, 7) is 0.340. The fourth-order valence-electron chi connectivity index (χ4n) is 2.89. The van der Waals surface area contributed by atoms with Gasteiger partial charge in [-0.1, -0.05) is 0 Å². The number of aliphatic hydroxyl groups is 1. The lowest BCUT2D eigenvalue weighted by Crippen LogP contribution is -2.24. The van der Waals surface area contributed by atoms with Gasteiger partial charge in [0.1, 0.15) is 11.6 Å². The Bertz CT molecular complexity index is 724. The maximum absolute atomic E-state index is 14.0. The summed E-state index contributed by atoms with van der Waals surface area (Å²) in [6.07, 6.45) is -0.274. The van der Waals surface area contributed by atoms with E-state index in [-0.39, 0.29) is 5.56 Å². The summed E-state index contributed by atoms with van der Waals surface area (Å²) in [7, 11) is 0. The number of nitrogens with zero attached hydrogens (tertiary/aromatic N) is 2. The molecule has 22 heavy (non-hydrogen) atoms. The van der Waals surface area contributed by atoms with E-state index in [2.05, 4.69) is 0 Å². The van der Waals surface area contributed by atoms with Crippen molar-refractivity contribution in [3.63, 3.8) is 0 Å². The summed E-state index contributed by atoms with van der Waals surface area (Å²) in [5, 5.41) is 18.8. The van der Waals surface area contributed by atoms with Crippen LogP contribution in [0, 0.1) is 23.0 Å². The number of halogens is 2. The third-order valence-corrected chi connectivity index (χ3v) is 3.92. The SMILES string of the molecule is N#Cc1ccc(N2C[C@@H](O)C[C@@H]2c2cc(F)ccc2F)cc1. The van der Waals surface area contributed by atoms with E-state index in [0.29, 0.717) is 18.5 Å². The van der Waals surface area contributed by atoms with Gasteiger partial charge in [0.05, 0.1) is 23.8 Å². The molecule has 1 saturated heterocycles. The molecule has 112 valence electrons. The number of rotatable bonds is 2. The number of β-amino-alcohol motifs (C(OH)–C–C–N with tert-alkyl or cyclic N) is 1. The van der Waals surface area contributed by atoms with Crippen LogP contribution >= 0.6 is 0 Å². The van der Waals surface area contributed by atoms with E-state index in [1.807, 2.05) is 11.0 Å². The third-order valence-electron chi connectivity index (χ3n) is 3.92. The second-order valence-electron chi connectivity index (χ2n) is 5.38. The Labute approximate surface area is 127 Å². The van der Waals surface area contributed by atoms with Crippen LogP contribution in [0.15, 0.2) is 42.5 Å². The zero-order chi connectivity index (χ0) is 15.7. The Balaban J connectivity index is 1.98. The van der Waals surface area contributed by atoms with Crippen molar-refractivity contribution in [1.82, 2.24) is 0 Å². The van der Waals surface area contributed by atoms with Gasteiger partial charge in [-0.15, -0.1) is 0 Å². The van der Waals surface area contributed by atoms with E-state index >= 15 is 0 Å². The minimum atomic E-state index is -0.608. The van der Waals surface area contributed by atoms with Gasteiger partial charge in [0, 0.05) is 17.8 Å². The van der Waals surface area contributed by atoms with Crippen LogP contribution in [0.5, 0.6) is 0 Å². The molecule has 2 aromatic rings. The van der Waals surface area contributed by atoms with E-state index in [0.717, 1.165) is 17.8 Å². The number of anilines is 1. The molecule has 1 N–H and O–H groups in total. The molecular weight excluding hydrogens is 286 g/mol. The van der Waals surface area contributed by atoms with Crippen LogP contribution in [0.3, 0.4) is 0 Å². The average molecular weight is 300 g/mol. The number of benzene rings is 2. The average Bonchev–Trinajstić information content (AvgIpc) is 2.91. The molecule has 2 atom stereocenters. The predicted molar refractivity (Wildman–Crippen MR) is 78.2 cm³/mol. The Kier molecular flexibility index (Phi) is 3.78. The molecule has 1 fully saturated rings. The van der Waals surface area contributed by atoms with Crippen molar-refractivity contribution in [2.45, 2.75) is 18.6 Å². The first kappa shape index (κ1) is 14.5. The molecule has 0 saturated carbocycles. The molecule has 1 aliphatic rings. The van der Waals surface area contributed by atoms with Gasteiger partial charge in [0.15, 0.2) is 0 Å². The van der Waals surface area contributed by atoms with Crippen LogP contribution in [0.2, 0.25) is 0 Å². The monoisotopic (exact) mass is 300 g/mol. The standard InChI is InChI=1S/C17H14F2N2O/c18-12-3-6-16(19)15(7-12)17-8-14(22)10-21(17)13-4-1-11(9-20)2-5-13/h1-7,14,17,22H,8,10H2/t14-,17+/m0/s1. The quantitative estimate of drug-likeness (QED) is 0.927. The summed E-state index contributed by atoms with van der Waals surface area (Å²) < 4.78 is 27.5. The Morgan fingerprint density at radius 1 is 1.14 bits per heavy atom. The number of nitriles is 1. The fourth-order valence-corrected chi connectivity index (χ4v) is 2.89. The maximum Gasteiger partial charge on any atom is 0.128 e. The lowest BCUT2D eigenvalue weighted by atomic mass is 10.0. The second-order valence-corrected chi connectivity index (χ2v) is 5.38. The van der Waals surface area contributed by atoms with Crippen molar-refractivity contribution in [2.24, 2.45) is 0 Å². The molecule has 1 heterocycles. The van der Waals surface area contributed by atoms with E-state index in [4.69, 9.17) is 5.26 Å². The smallest absolute Gasteiger partial charge is 0.128 e. The van der Waals surface area contributed by atoms with E-state index in [1.54, 1.807) is 24.3 Å². The van der Waals surface area contributed by atoms with Crippen molar-refractivity contribution in [3.8, 4) is 6.07 Å². The van der Waals surface area contributed by atoms with Gasteiger partial charge >= 0.3 is 0 Å². The Morgan fingerprint density at radius 3 is 2.55 bits per heavy atom. The van der Waals surface area contributed by atoms with Crippen molar-refractivity contribution in [1.29, 1.82) is 5.26 Å². The number of hydrogen-bond acceptors (Lipinski definition) is 3. The minimum Gasteiger partial charge on any atom is -0.391 e. The topological polar surface area (TPSA) is 47.3 Å². The molecule has 2 aromatic carbocycles. The normalized spacial score (nSPS) is 20.9. The predicted octanol–water partition coefficient (Wildman–Crippen LogP) is 3.15. The molecule has 0 bridgehead atoms. The molecule has 3 nitrogen and oxygen atoms in total. The highest BCUT2D eigenvalue weighted by molar-refractivity contribution is 5.53. The zero-order valence-corrected chi connectivity index (χ0v) is 11.7. The molecule has 0 amide bonds. The van der Waals surface area contributed by atoms with Crippen LogP contribution in [0.1, 0.15) is 23.6 Å². The number of hydrogen-bond donors (Lipinski definition) is 1. The molecule has 3 rings (SSSR count). The molecule has 1 aliphatic heterocycles. The van der Waals surface area contributed by atoms with E-state index in [1.165, 1.54) is 6.07 Å².